The van der Waals surface area contributed by atoms with Gasteiger partial charge in [0.05, 0.1) is 24.9 Å². The molecule has 0 spiro atoms. The number of aromatic nitrogens is 3. The van der Waals surface area contributed by atoms with Crippen LogP contribution in [-0.4, -0.2) is 70.1 Å². The van der Waals surface area contributed by atoms with Crippen molar-refractivity contribution in [3.05, 3.63) is 35.9 Å². The van der Waals surface area contributed by atoms with Crippen molar-refractivity contribution in [3.8, 4) is 11.1 Å². The highest BCUT2D eigenvalue weighted by Gasteiger charge is 2.28. The Kier molecular flexibility index (Phi) is 6.01. The second-order valence-corrected chi connectivity index (χ2v) is 7.69. The third-order valence-corrected chi connectivity index (χ3v) is 5.66. The molecular weight excluding hydrogens is 368 g/mol. The molecule has 0 radical (unpaired) electrons. The van der Waals surface area contributed by atoms with E-state index in [1.165, 1.54) is 0 Å². The van der Waals surface area contributed by atoms with E-state index in [2.05, 4.69) is 20.9 Å². The molecule has 154 valence electrons. The van der Waals surface area contributed by atoms with Crippen LogP contribution in [0.1, 0.15) is 36.7 Å². The summed E-state index contributed by atoms with van der Waals surface area (Å²) in [4.78, 5) is 29.8. The Morgan fingerprint density at radius 3 is 2.69 bits per heavy atom. The maximum Gasteiger partial charge on any atom is 0.224 e. The number of ether oxygens (including phenoxy) is 1. The molecule has 4 heterocycles. The number of morpholine rings is 1. The van der Waals surface area contributed by atoms with Crippen molar-refractivity contribution in [3.63, 3.8) is 0 Å². The average molecular weight is 396 g/mol. The van der Waals surface area contributed by atoms with Gasteiger partial charge in [-0.3, -0.25) is 14.7 Å². The van der Waals surface area contributed by atoms with E-state index in [1.54, 1.807) is 12.4 Å². The summed E-state index contributed by atoms with van der Waals surface area (Å²) in [5, 5.41) is 0. The van der Waals surface area contributed by atoms with Crippen LogP contribution in [0.15, 0.2) is 24.5 Å². The lowest BCUT2D eigenvalue weighted by molar-refractivity contribution is -0.135. The van der Waals surface area contributed by atoms with Crippen molar-refractivity contribution < 1.29 is 9.53 Å². The Morgan fingerprint density at radius 1 is 1.17 bits per heavy atom. The summed E-state index contributed by atoms with van der Waals surface area (Å²) in [6.07, 6.45) is 6.20. The van der Waals surface area contributed by atoms with Crippen LogP contribution in [0, 0.1) is 6.92 Å². The van der Waals surface area contributed by atoms with E-state index in [9.17, 15) is 4.79 Å². The molecule has 2 aliphatic heterocycles. The summed E-state index contributed by atoms with van der Waals surface area (Å²) in [6.45, 7) is 6.45. The predicted molar refractivity (Wildman–Crippen MR) is 110 cm³/mol. The van der Waals surface area contributed by atoms with E-state index >= 15 is 0 Å². The molecule has 0 unspecified atom stereocenters. The van der Waals surface area contributed by atoms with Gasteiger partial charge in [-0.05, 0) is 44.0 Å². The molecule has 2 aromatic heterocycles. The molecule has 2 N–H and O–H groups in total. The molecule has 4 rings (SSSR count). The third-order valence-electron chi connectivity index (χ3n) is 5.66. The van der Waals surface area contributed by atoms with Gasteiger partial charge in [0.25, 0.3) is 0 Å². The third kappa shape index (κ3) is 4.71. The molecular formula is C21H28N6O2. The fourth-order valence-electron chi connectivity index (χ4n) is 4.16. The fourth-order valence-corrected chi connectivity index (χ4v) is 4.16. The first-order valence-electron chi connectivity index (χ1n) is 10.3. The summed E-state index contributed by atoms with van der Waals surface area (Å²) in [5.41, 5.74) is 9.60. The Labute approximate surface area is 171 Å². The monoisotopic (exact) mass is 396 g/mol. The summed E-state index contributed by atoms with van der Waals surface area (Å²) >= 11 is 0. The van der Waals surface area contributed by atoms with E-state index in [0.29, 0.717) is 32.7 Å². The SMILES string of the molecule is Cc1cc(-c2cnc(N)nc2)cc([C@@H]2CCCN2CCC(=O)N2CCOCC2)n1. The predicted octanol–water partition coefficient (Wildman–Crippen LogP) is 1.82. The van der Waals surface area contributed by atoms with Gasteiger partial charge in [-0.25, -0.2) is 9.97 Å². The number of nitrogen functional groups attached to an aromatic ring is 1. The minimum absolute atomic E-state index is 0.218. The first kappa shape index (κ1) is 19.7. The topological polar surface area (TPSA) is 97.5 Å². The molecule has 8 nitrogen and oxygen atoms in total. The van der Waals surface area contributed by atoms with Gasteiger partial charge in [0.2, 0.25) is 11.9 Å². The summed E-state index contributed by atoms with van der Waals surface area (Å²) in [5.74, 6) is 0.488. The van der Waals surface area contributed by atoms with Gasteiger partial charge in [0.15, 0.2) is 0 Å². The van der Waals surface area contributed by atoms with E-state index in [0.717, 1.165) is 48.4 Å². The summed E-state index contributed by atoms with van der Waals surface area (Å²) in [6, 6.07) is 4.40. The number of pyridine rings is 1. The standard InChI is InChI=1S/C21H28N6O2/c1-15-11-16(17-13-23-21(22)24-14-17)12-18(25-15)19-3-2-5-26(19)6-4-20(28)27-7-9-29-10-8-27/h11-14,19H,2-10H2,1H3,(H2,22,23,24)/t19-/m0/s1. The Balaban J connectivity index is 1.46. The Bertz CT molecular complexity index is 851. The van der Waals surface area contributed by atoms with Crippen LogP contribution in [0.25, 0.3) is 11.1 Å². The van der Waals surface area contributed by atoms with E-state index in [-0.39, 0.29) is 17.9 Å². The van der Waals surface area contributed by atoms with Crippen LogP contribution in [0.5, 0.6) is 0 Å². The van der Waals surface area contributed by atoms with Gasteiger partial charge >= 0.3 is 0 Å². The molecule has 2 saturated heterocycles. The number of carbonyl (C=O) groups is 1. The van der Waals surface area contributed by atoms with Crippen LogP contribution < -0.4 is 5.73 Å². The Morgan fingerprint density at radius 2 is 1.93 bits per heavy atom. The lowest BCUT2D eigenvalue weighted by Gasteiger charge is -2.29. The van der Waals surface area contributed by atoms with Crippen LogP contribution in [0.3, 0.4) is 0 Å². The van der Waals surface area contributed by atoms with Crippen molar-refractivity contribution in [2.45, 2.75) is 32.2 Å². The molecule has 2 fully saturated rings. The highest BCUT2D eigenvalue weighted by atomic mass is 16.5. The van der Waals surface area contributed by atoms with Gasteiger partial charge in [0.1, 0.15) is 0 Å². The van der Waals surface area contributed by atoms with Gasteiger partial charge in [0, 0.05) is 49.7 Å². The van der Waals surface area contributed by atoms with Crippen molar-refractivity contribution in [2.75, 3.05) is 45.1 Å². The zero-order chi connectivity index (χ0) is 20.2. The fraction of sp³-hybridized carbons (Fsp3) is 0.524. The summed E-state index contributed by atoms with van der Waals surface area (Å²) in [7, 11) is 0. The first-order chi connectivity index (χ1) is 14.1. The smallest absolute Gasteiger partial charge is 0.224 e. The molecule has 1 amide bonds. The normalized spacial score (nSPS) is 20.2. The van der Waals surface area contributed by atoms with Crippen LogP contribution in [0.2, 0.25) is 0 Å². The van der Waals surface area contributed by atoms with Gasteiger partial charge in [-0.1, -0.05) is 0 Å². The van der Waals surface area contributed by atoms with Crippen molar-refractivity contribution in [1.82, 2.24) is 24.8 Å². The molecule has 0 aromatic carbocycles. The number of amides is 1. The quantitative estimate of drug-likeness (QED) is 0.823. The number of nitrogens with two attached hydrogens (primary N) is 1. The maximum absolute atomic E-state index is 12.5. The molecule has 2 aromatic rings. The second kappa shape index (κ2) is 8.84. The molecule has 29 heavy (non-hydrogen) atoms. The zero-order valence-electron chi connectivity index (χ0n) is 16.9. The van der Waals surface area contributed by atoms with Gasteiger partial charge in [-0.2, -0.15) is 0 Å². The second-order valence-electron chi connectivity index (χ2n) is 7.69. The number of aryl methyl sites for hydroxylation is 1. The lowest BCUT2D eigenvalue weighted by atomic mass is 10.0. The summed E-state index contributed by atoms with van der Waals surface area (Å²) < 4.78 is 5.34. The minimum Gasteiger partial charge on any atom is -0.378 e. The zero-order valence-corrected chi connectivity index (χ0v) is 16.9. The van der Waals surface area contributed by atoms with E-state index in [4.69, 9.17) is 15.5 Å². The van der Waals surface area contributed by atoms with Crippen LogP contribution in [-0.2, 0) is 9.53 Å². The number of hydrogen-bond donors (Lipinski definition) is 1. The lowest BCUT2D eigenvalue weighted by Crippen LogP contribution is -2.42. The highest BCUT2D eigenvalue weighted by Crippen LogP contribution is 2.33. The molecule has 0 saturated carbocycles. The molecule has 1 atom stereocenters. The maximum atomic E-state index is 12.5. The minimum atomic E-state index is 0.218. The number of nitrogens with zero attached hydrogens (tertiary/aromatic N) is 5. The van der Waals surface area contributed by atoms with E-state index < -0.39 is 0 Å². The van der Waals surface area contributed by atoms with Crippen LogP contribution >= 0.6 is 0 Å². The molecule has 2 aliphatic rings. The molecule has 0 bridgehead atoms. The van der Waals surface area contributed by atoms with Crippen LogP contribution in [0.4, 0.5) is 5.95 Å². The Hall–Kier alpha value is -2.58. The molecule has 0 aliphatic carbocycles. The number of carbonyl (C=O) groups excluding carboxylic acids is 1. The number of rotatable bonds is 5. The van der Waals surface area contributed by atoms with Gasteiger partial charge < -0.3 is 15.4 Å². The number of likely N-dealkylation sites (tertiary alicyclic amines) is 1. The first-order valence-corrected chi connectivity index (χ1v) is 10.3. The van der Waals surface area contributed by atoms with Gasteiger partial charge in [-0.15, -0.1) is 0 Å². The van der Waals surface area contributed by atoms with Crippen molar-refractivity contribution >= 4 is 11.9 Å². The average Bonchev–Trinajstić information content (AvgIpc) is 3.21. The number of anilines is 1. The molecule has 8 heteroatoms. The number of hydrogen-bond acceptors (Lipinski definition) is 7. The highest BCUT2D eigenvalue weighted by molar-refractivity contribution is 5.76. The van der Waals surface area contributed by atoms with Crippen molar-refractivity contribution in [1.29, 1.82) is 0 Å². The largest absolute Gasteiger partial charge is 0.378 e. The van der Waals surface area contributed by atoms with Crippen molar-refractivity contribution in [2.24, 2.45) is 0 Å². The van der Waals surface area contributed by atoms with E-state index in [1.807, 2.05) is 17.9 Å².